The summed E-state index contributed by atoms with van der Waals surface area (Å²) in [6.07, 6.45) is 1.47. The van der Waals surface area contributed by atoms with Crippen LogP contribution >= 0.6 is 0 Å². The number of imidazole rings is 1. The molecule has 122 valence electrons. The number of aliphatic carboxylic acids is 1. The highest BCUT2D eigenvalue weighted by Gasteiger charge is 2.39. The van der Waals surface area contributed by atoms with Crippen LogP contribution in [0.1, 0.15) is 17.3 Å². The van der Waals surface area contributed by atoms with Crippen molar-refractivity contribution >= 4 is 16.0 Å². The van der Waals surface area contributed by atoms with Gasteiger partial charge in [-0.3, -0.25) is 4.79 Å². The Balaban J connectivity index is 2.01. The van der Waals surface area contributed by atoms with Crippen molar-refractivity contribution in [3.63, 3.8) is 0 Å². The van der Waals surface area contributed by atoms with Gasteiger partial charge in [-0.05, 0) is 24.3 Å². The first-order chi connectivity index (χ1) is 10.8. The molecule has 1 N–H and O–H groups in total. The van der Waals surface area contributed by atoms with Gasteiger partial charge in [-0.2, -0.15) is 4.31 Å². The van der Waals surface area contributed by atoms with Gasteiger partial charge in [0.25, 0.3) is 0 Å². The average molecular weight is 339 g/mol. The van der Waals surface area contributed by atoms with E-state index in [0.29, 0.717) is 11.4 Å². The molecule has 0 bridgehead atoms. The zero-order valence-electron chi connectivity index (χ0n) is 12.2. The molecule has 2 heterocycles. The summed E-state index contributed by atoms with van der Waals surface area (Å²) in [5.74, 6) is -2.66. The third kappa shape index (κ3) is 2.62. The number of nitrogens with zero attached hydrogens (tertiary/aromatic N) is 3. The van der Waals surface area contributed by atoms with Crippen LogP contribution in [0.15, 0.2) is 35.5 Å². The number of rotatable bonds is 3. The van der Waals surface area contributed by atoms with E-state index >= 15 is 0 Å². The summed E-state index contributed by atoms with van der Waals surface area (Å²) in [5, 5.41) is 9.41. The Bertz CT molecular complexity index is 861. The van der Waals surface area contributed by atoms with Crippen LogP contribution in [0.3, 0.4) is 0 Å². The van der Waals surface area contributed by atoms with Crippen molar-refractivity contribution in [1.82, 2.24) is 13.9 Å². The fourth-order valence-electron chi connectivity index (χ4n) is 2.71. The lowest BCUT2D eigenvalue weighted by molar-refractivity contribution is -0.139. The van der Waals surface area contributed by atoms with Crippen LogP contribution in [0, 0.1) is 5.82 Å². The Morgan fingerprint density at radius 3 is 2.61 bits per heavy atom. The van der Waals surface area contributed by atoms with Crippen LogP contribution in [0.5, 0.6) is 0 Å². The summed E-state index contributed by atoms with van der Waals surface area (Å²) < 4.78 is 41.0. The summed E-state index contributed by atoms with van der Waals surface area (Å²) in [6.45, 7) is -0.207. The van der Waals surface area contributed by atoms with E-state index in [2.05, 4.69) is 4.98 Å². The molecule has 0 saturated heterocycles. The van der Waals surface area contributed by atoms with Crippen LogP contribution < -0.4 is 0 Å². The molecule has 1 aromatic heterocycles. The molecule has 1 unspecified atom stereocenters. The predicted octanol–water partition coefficient (Wildman–Crippen LogP) is 0.932. The molecular weight excluding hydrogens is 325 g/mol. The van der Waals surface area contributed by atoms with Gasteiger partial charge in [0.05, 0.1) is 29.2 Å². The summed E-state index contributed by atoms with van der Waals surface area (Å²) in [4.78, 5) is 15.5. The zero-order valence-corrected chi connectivity index (χ0v) is 13.0. The topological polar surface area (TPSA) is 92.5 Å². The summed E-state index contributed by atoms with van der Waals surface area (Å²) >= 11 is 0. The number of carboxylic acid groups (broad SMARTS) is 1. The number of carbonyl (C=O) groups is 1. The van der Waals surface area contributed by atoms with E-state index in [-0.39, 0.29) is 18.0 Å². The summed E-state index contributed by atoms with van der Waals surface area (Å²) in [5.41, 5.74) is 0.917. The van der Waals surface area contributed by atoms with E-state index in [1.807, 2.05) is 0 Å². The van der Waals surface area contributed by atoms with E-state index in [9.17, 15) is 22.7 Å². The Morgan fingerprint density at radius 1 is 1.35 bits per heavy atom. The molecule has 1 aromatic carbocycles. The van der Waals surface area contributed by atoms with Crippen molar-refractivity contribution in [2.75, 3.05) is 6.54 Å². The number of hydrogen-bond acceptors (Lipinski definition) is 4. The molecule has 0 aliphatic carbocycles. The molecule has 0 radical (unpaired) electrons. The highest BCUT2D eigenvalue weighted by molar-refractivity contribution is 7.89. The predicted molar refractivity (Wildman–Crippen MR) is 77.6 cm³/mol. The molecule has 0 amide bonds. The van der Waals surface area contributed by atoms with Crippen LogP contribution in [0.2, 0.25) is 0 Å². The molecule has 2 aromatic rings. The standard InChI is InChI=1S/C14H14FN3O4S/c1-17-8-16-12-7-18(6-11(13(12)17)14(19)20)23(21,22)10-4-2-9(15)3-5-10/h2-5,8,11H,6-7H2,1H3,(H,19,20). The number of sulfonamides is 1. The lowest BCUT2D eigenvalue weighted by Crippen LogP contribution is -2.41. The fraction of sp³-hybridized carbons (Fsp3) is 0.286. The zero-order chi connectivity index (χ0) is 16.8. The SMILES string of the molecule is Cn1cnc2c1C(C(=O)O)CN(S(=O)(=O)c1ccc(F)cc1)C2. The van der Waals surface area contributed by atoms with E-state index in [1.54, 1.807) is 11.6 Å². The van der Waals surface area contributed by atoms with Gasteiger partial charge in [0.15, 0.2) is 0 Å². The Morgan fingerprint density at radius 2 is 2.00 bits per heavy atom. The maximum atomic E-state index is 13.0. The minimum atomic E-state index is -3.92. The molecule has 23 heavy (non-hydrogen) atoms. The third-order valence-electron chi connectivity index (χ3n) is 3.85. The van der Waals surface area contributed by atoms with Gasteiger partial charge < -0.3 is 9.67 Å². The second kappa shape index (κ2) is 5.43. The number of benzene rings is 1. The molecule has 7 nitrogen and oxygen atoms in total. The summed E-state index contributed by atoms with van der Waals surface area (Å²) in [6, 6.07) is 4.43. The van der Waals surface area contributed by atoms with E-state index < -0.39 is 27.7 Å². The van der Waals surface area contributed by atoms with Gasteiger partial charge >= 0.3 is 5.97 Å². The maximum Gasteiger partial charge on any atom is 0.313 e. The van der Waals surface area contributed by atoms with Gasteiger partial charge in [0.1, 0.15) is 11.7 Å². The molecule has 3 rings (SSSR count). The molecule has 1 atom stereocenters. The number of aromatic nitrogens is 2. The largest absolute Gasteiger partial charge is 0.481 e. The van der Waals surface area contributed by atoms with Gasteiger partial charge in [-0.25, -0.2) is 17.8 Å². The van der Waals surface area contributed by atoms with E-state index in [4.69, 9.17) is 0 Å². The van der Waals surface area contributed by atoms with Crippen molar-refractivity contribution in [2.45, 2.75) is 17.4 Å². The van der Waals surface area contributed by atoms with Crippen molar-refractivity contribution < 1.29 is 22.7 Å². The monoisotopic (exact) mass is 339 g/mol. The molecule has 0 fully saturated rings. The van der Waals surface area contributed by atoms with Crippen molar-refractivity contribution in [2.24, 2.45) is 7.05 Å². The molecular formula is C14H14FN3O4S. The lowest BCUT2D eigenvalue weighted by Gasteiger charge is -2.30. The first-order valence-electron chi connectivity index (χ1n) is 6.79. The van der Waals surface area contributed by atoms with Gasteiger partial charge in [0.2, 0.25) is 10.0 Å². The van der Waals surface area contributed by atoms with Crippen LogP contribution in [-0.4, -0.2) is 39.9 Å². The first-order valence-corrected chi connectivity index (χ1v) is 8.23. The number of hydrogen-bond donors (Lipinski definition) is 1. The lowest BCUT2D eigenvalue weighted by atomic mass is 10.0. The van der Waals surface area contributed by atoms with Crippen molar-refractivity contribution in [3.8, 4) is 0 Å². The first kappa shape index (κ1) is 15.6. The second-order valence-corrected chi connectivity index (χ2v) is 7.27. The van der Waals surface area contributed by atoms with E-state index in [0.717, 1.165) is 28.6 Å². The number of halogens is 1. The van der Waals surface area contributed by atoms with Crippen molar-refractivity contribution in [3.05, 3.63) is 47.8 Å². The quantitative estimate of drug-likeness (QED) is 0.898. The molecule has 0 saturated carbocycles. The van der Waals surface area contributed by atoms with Crippen molar-refractivity contribution in [1.29, 1.82) is 0 Å². The highest BCUT2D eigenvalue weighted by atomic mass is 32.2. The number of fused-ring (bicyclic) bond motifs is 1. The highest BCUT2D eigenvalue weighted by Crippen LogP contribution is 2.31. The van der Waals surface area contributed by atoms with Crippen LogP contribution in [0.25, 0.3) is 0 Å². The summed E-state index contributed by atoms with van der Waals surface area (Å²) in [7, 11) is -2.25. The third-order valence-corrected chi connectivity index (χ3v) is 5.68. The smallest absolute Gasteiger partial charge is 0.313 e. The average Bonchev–Trinajstić information content (AvgIpc) is 2.88. The van der Waals surface area contributed by atoms with E-state index in [1.165, 1.54) is 6.33 Å². The fourth-order valence-corrected chi connectivity index (χ4v) is 4.13. The number of aryl methyl sites for hydroxylation is 1. The molecule has 0 spiro atoms. The minimum absolute atomic E-state index is 0.0142. The number of carboxylic acids is 1. The maximum absolute atomic E-state index is 13.0. The van der Waals surface area contributed by atoms with Gasteiger partial charge in [-0.15, -0.1) is 0 Å². The molecule has 1 aliphatic rings. The van der Waals surface area contributed by atoms with Gasteiger partial charge in [0, 0.05) is 13.6 Å². The Kier molecular flexibility index (Phi) is 3.69. The molecule has 9 heteroatoms. The van der Waals surface area contributed by atoms with Crippen LogP contribution in [0.4, 0.5) is 4.39 Å². The Labute approximate surface area is 132 Å². The Hall–Kier alpha value is -2.26. The van der Waals surface area contributed by atoms with Gasteiger partial charge in [-0.1, -0.05) is 0 Å². The van der Waals surface area contributed by atoms with Crippen LogP contribution in [-0.2, 0) is 28.4 Å². The second-order valence-electron chi connectivity index (χ2n) is 5.33. The normalized spacial score (nSPS) is 18.6. The minimum Gasteiger partial charge on any atom is -0.481 e. The molecule has 1 aliphatic heterocycles.